The molecule has 0 bridgehead atoms. The highest BCUT2D eigenvalue weighted by molar-refractivity contribution is 8.13. The Hall–Kier alpha value is 0.200. The average molecular weight is 269 g/mol. The van der Waals surface area contributed by atoms with E-state index in [0.717, 1.165) is 12.8 Å². The fourth-order valence-corrected chi connectivity index (χ4v) is 3.52. The Morgan fingerprint density at radius 1 is 1.25 bits per heavy atom. The third-order valence-corrected chi connectivity index (χ3v) is 4.25. The van der Waals surface area contributed by atoms with Gasteiger partial charge in [0.05, 0.1) is 18.5 Å². The summed E-state index contributed by atoms with van der Waals surface area (Å²) in [7, 11) is 1.80. The maximum atomic E-state index is 10.9. The molecule has 96 valence electrons. The summed E-state index contributed by atoms with van der Waals surface area (Å²) >= 11 is 0. The molecule has 0 radical (unpaired) electrons. The summed E-state index contributed by atoms with van der Waals surface area (Å²) in [6.45, 7) is 2.35. The first kappa shape index (κ1) is 14.3. The molecule has 0 amide bonds. The summed E-state index contributed by atoms with van der Waals surface area (Å²) in [6, 6.07) is 0. The molecule has 1 atom stereocenters. The Kier molecular flexibility index (Phi) is 6.08. The molecule has 16 heavy (non-hydrogen) atoms. The number of hydrogen-bond acceptors (Lipinski definition) is 3. The average Bonchev–Trinajstić information content (AvgIpc) is 2.39. The molecule has 0 aliphatic heterocycles. The minimum atomic E-state index is -3.39. The first-order valence-corrected chi connectivity index (χ1v) is 8.49. The quantitative estimate of drug-likeness (QED) is 0.569. The zero-order valence-electron chi connectivity index (χ0n) is 9.82. The molecule has 0 aromatic heterocycles. The summed E-state index contributed by atoms with van der Waals surface area (Å²) in [5.41, 5.74) is 0. The largest absolute Gasteiger partial charge is 0.378 e. The number of halogens is 1. The molecule has 5 heteroatoms. The van der Waals surface area contributed by atoms with Gasteiger partial charge in [0.15, 0.2) is 0 Å². The molecule has 0 saturated heterocycles. The van der Waals surface area contributed by atoms with Crippen molar-refractivity contribution >= 4 is 19.7 Å². The van der Waals surface area contributed by atoms with Crippen LogP contribution >= 0.6 is 10.7 Å². The molecule has 1 aliphatic rings. The smallest absolute Gasteiger partial charge is 0.232 e. The third kappa shape index (κ3) is 6.71. The SMILES string of the molecule is CC(COC1CCCCCC1)CS(=O)(=O)Cl. The lowest BCUT2D eigenvalue weighted by atomic mass is 10.1. The van der Waals surface area contributed by atoms with Gasteiger partial charge in [-0.1, -0.05) is 32.6 Å². The second-order valence-electron chi connectivity index (χ2n) is 4.76. The Bertz CT molecular complexity index is 282. The van der Waals surface area contributed by atoms with E-state index in [1.165, 1.54) is 25.7 Å². The van der Waals surface area contributed by atoms with E-state index in [-0.39, 0.29) is 11.7 Å². The molecule has 1 unspecified atom stereocenters. The van der Waals surface area contributed by atoms with Crippen LogP contribution in [0.25, 0.3) is 0 Å². The molecule has 1 saturated carbocycles. The molecule has 0 N–H and O–H groups in total. The summed E-state index contributed by atoms with van der Waals surface area (Å²) in [5, 5.41) is 0. The molecule has 0 aromatic rings. The summed E-state index contributed by atoms with van der Waals surface area (Å²) < 4.78 is 27.5. The maximum Gasteiger partial charge on any atom is 0.232 e. The van der Waals surface area contributed by atoms with Crippen LogP contribution in [0, 0.1) is 5.92 Å². The fourth-order valence-electron chi connectivity index (χ4n) is 2.10. The van der Waals surface area contributed by atoms with Crippen LogP contribution in [-0.4, -0.2) is 26.9 Å². The molecule has 0 aromatic carbocycles. The zero-order chi connectivity index (χ0) is 12.0. The van der Waals surface area contributed by atoms with E-state index in [4.69, 9.17) is 15.4 Å². The first-order chi connectivity index (χ1) is 7.47. The van der Waals surface area contributed by atoms with Crippen LogP contribution in [0.15, 0.2) is 0 Å². The van der Waals surface area contributed by atoms with Gasteiger partial charge >= 0.3 is 0 Å². The molecular formula is C11H21ClO3S. The van der Waals surface area contributed by atoms with Gasteiger partial charge in [-0.2, -0.15) is 0 Å². The van der Waals surface area contributed by atoms with Crippen molar-refractivity contribution < 1.29 is 13.2 Å². The number of rotatable bonds is 5. The van der Waals surface area contributed by atoms with Crippen LogP contribution in [0.2, 0.25) is 0 Å². The molecule has 1 fully saturated rings. The van der Waals surface area contributed by atoms with E-state index < -0.39 is 9.05 Å². The van der Waals surface area contributed by atoms with Gasteiger partial charge in [-0.25, -0.2) is 8.42 Å². The topological polar surface area (TPSA) is 43.4 Å². The van der Waals surface area contributed by atoms with E-state index in [2.05, 4.69) is 0 Å². The van der Waals surface area contributed by atoms with E-state index >= 15 is 0 Å². The van der Waals surface area contributed by atoms with E-state index in [1.807, 2.05) is 6.92 Å². The minimum absolute atomic E-state index is 0.00127. The van der Waals surface area contributed by atoms with Crippen molar-refractivity contribution in [1.29, 1.82) is 0 Å². The van der Waals surface area contributed by atoms with Crippen LogP contribution in [0.4, 0.5) is 0 Å². The van der Waals surface area contributed by atoms with E-state index in [1.54, 1.807) is 0 Å². The summed E-state index contributed by atoms with van der Waals surface area (Å²) in [4.78, 5) is 0. The zero-order valence-corrected chi connectivity index (χ0v) is 11.4. The van der Waals surface area contributed by atoms with Gasteiger partial charge in [0.2, 0.25) is 9.05 Å². The predicted molar refractivity (Wildman–Crippen MR) is 66.2 cm³/mol. The second-order valence-corrected chi connectivity index (χ2v) is 7.58. The molecule has 1 rings (SSSR count). The van der Waals surface area contributed by atoms with Gasteiger partial charge in [-0.05, 0) is 18.8 Å². The molecule has 3 nitrogen and oxygen atoms in total. The third-order valence-electron chi connectivity index (χ3n) is 2.90. The predicted octanol–water partition coefficient (Wildman–Crippen LogP) is 2.93. The van der Waals surface area contributed by atoms with Crippen molar-refractivity contribution in [1.82, 2.24) is 0 Å². The molecule has 0 spiro atoms. The second kappa shape index (κ2) is 6.82. The van der Waals surface area contributed by atoms with Gasteiger partial charge in [0, 0.05) is 10.7 Å². The fraction of sp³-hybridized carbons (Fsp3) is 1.00. The van der Waals surface area contributed by atoms with Crippen molar-refractivity contribution in [3.63, 3.8) is 0 Å². The lowest BCUT2D eigenvalue weighted by Crippen LogP contribution is -2.20. The van der Waals surface area contributed by atoms with E-state index in [9.17, 15) is 8.42 Å². The van der Waals surface area contributed by atoms with Gasteiger partial charge in [-0.15, -0.1) is 0 Å². The van der Waals surface area contributed by atoms with Gasteiger partial charge in [0.25, 0.3) is 0 Å². The number of hydrogen-bond donors (Lipinski definition) is 0. The Balaban J connectivity index is 2.22. The molecule has 1 aliphatic carbocycles. The van der Waals surface area contributed by atoms with Crippen molar-refractivity contribution in [2.24, 2.45) is 5.92 Å². The van der Waals surface area contributed by atoms with Crippen LogP contribution in [-0.2, 0) is 13.8 Å². The van der Waals surface area contributed by atoms with Crippen molar-refractivity contribution in [3.8, 4) is 0 Å². The lowest BCUT2D eigenvalue weighted by Gasteiger charge is -2.18. The van der Waals surface area contributed by atoms with Crippen LogP contribution < -0.4 is 0 Å². The normalized spacial score (nSPS) is 21.6. The van der Waals surface area contributed by atoms with Crippen molar-refractivity contribution in [3.05, 3.63) is 0 Å². The van der Waals surface area contributed by atoms with Crippen LogP contribution in [0.3, 0.4) is 0 Å². The standard InChI is InChI=1S/C11H21ClO3S/c1-10(9-16(12,13)14)8-15-11-6-4-2-3-5-7-11/h10-11H,2-9H2,1H3. The Labute approximate surface area is 103 Å². The maximum absolute atomic E-state index is 10.9. The molecular weight excluding hydrogens is 248 g/mol. The Morgan fingerprint density at radius 2 is 1.81 bits per heavy atom. The Morgan fingerprint density at radius 3 is 2.31 bits per heavy atom. The first-order valence-electron chi connectivity index (χ1n) is 6.01. The van der Waals surface area contributed by atoms with Crippen LogP contribution in [0.1, 0.15) is 45.4 Å². The van der Waals surface area contributed by atoms with Gasteiger partial charge in [0.1, 0.15) is 0 Å². The highest BCUT2D eigenvalue weighted by Gasteiger charge is 2.17. The van der Waals surface area contributed by atoms with Gasteiger partial charge < -0.3 is 4.74 Å². The summed E-state index contributed by atoms with van der Waals surface area (Å²) in [5.74, 6) is -0.0212. The van der Waals surface area contributed by atoms with Crippen LogP contribution in [0.5, 0.6) is 0 Å². The van der Waals surface area contributed by atoms with Crippen molar-refractivity contribution in [2.75, 3.05) is 12.4 Å². The summed E-state index contributed by atoms with van der Waals surface area (Å²) in [6.07, 6.45) is 7.60. The van der Waals surface area contributed by atoms with Gasteiger partial charge in [-0.3, -0.25) is 0 Å². The molecule has 0 heterocycles. The van der Waals surface area contributed by atoms with Crippen molar-refractivity contribution in [2.45, 2.75) is 51.6 Å². The highest BCUT2D eigenvalue weighted by Crippen LogP contribution is 2.20. The number of ether oxygens (including phenoxy) is 1. The highest BCUT2D eigenvalue weighted by atomic mass is 35.7. The minimum Gasteiger partial charge on any atom is -0.378 e. The van der Waals surface area contributed by atoms with E-state index in [0.29, 0.717) is 12.7 Å². The lowest BCUT2D eigenvalue weighted by molar-refractivity contribution is 0.0275. The monoisotopic (exact) mass is 268 g/mol.